The third kappa shape index (κ3) is 3.83. The lowest BCUT2D eigenvalue weighted by molar-refractivity contribution is -0.119. The molecule has 2 rings (SSSR count). The zero-order chi connectivity index (χ0) is 13.7. The number of amides is 1. The number of carbonyl (C=O) groups excluding carboxylic acids is 1. The number of rotatable bonds is 5. The van der Waals surface area contributed by atoms with E-state index in [-0.39, 0.29) is 11.3 Å². The van der Waals surface area contributed by atoms with E-state index < -0.39 is 15.9 Å². The lowest BCUT2D eigenvalue weighted by atomic mass is 10.3. The molecule has 0 aliphatic heterocycles. The minimum absolute atomic E-state index is 0.0212. The Kier molecular flexibility index (Phi) is 4.23. The van der Waals surface area contributed by atoms with Gasteiger partial charge in [0.2, 0.25) is 5.91 Å². The van der Waals surface area contributed by atoms with Gasteiger partial charge in [-0.25, -0.2) is 23.1 Å². The first-order chi connectivity index (χ1) is 9.08. The molecule has 2 heterocycles. The van der Waals surface area contributed by atoms with Crippen LogP contribution < -0.4 is 4.72 Å². The fraction of sp³-hybridized carbons (Fsp3) is 0.182. The summed E-state index contributed by atoms with van der Waals surface area (Å²) in [6.45, 7) is 0. The van der Waals surface area contributed by atoms with E-state index in [2.05, 4.69) is 9.97 Å². The average Bonchev–Trinajstić information content (AvgIpc) is 2.92. The van der Waals surface area contributed by atoms with Crippen molar-refractivity contribution >= 4 is 27.3 Å². The maximum atomic E-state index is 11.8. The van der Waals surface area contributed by atoms with Gasteiger partial charge in [0.25, 0.3) is 10.0 Å². The molecule has 1 amide bonds. The van der Waals surface area contributed by atoms with E-state index in [1.165, 1.54) is 22.8 Å². The van der Waals surface area contributed by atoms with Crippen LogP contribution in [0.4, 0.5) is 0 Å². The van der Waals surface area contributed by atoms with Gasteiger partial charge in [0.1, 0.15) is 5.82 Å². The second-order valence-corrected chi connectivity index (χ2v) is 6.12. The van der Waals surface area contributed by atoms with Crippen molar-refractivity contribution in [3.63, 3.8) is 0 Å². The molecule has 2 aromatic rings. The summed E-state index contributed by atoms with van der Waals surface area (Å²) in [5.74, 6) is -0.0655. The Bertz CT molecular complexity index is 639. The molecule has 0 radical (unpaired) electrons. The Labute approximate surface area is 114 Å². The maximum Gasteiger partial charge on any atom is 0.264 e. The summed E-state index contributed by atoms with van der Waals surface area (Å²) in [7, 11) is -3.75. The molecule has 0 atom stereocenters. The molecule has 6 nitrogen and oxygen atoms in total. The second kappa shape index (κ2) is 5.89. The van der Waals surface area contributed by atoms with Crippen molar-refractivity contribution in [3.05, 3.63) is 41.1 Å². The molecular formula is C11H11N3O3S2. The minimum atomic E-state index is -3.75. The molecule has 19 heavy (non-hydrogen) atoms. The number of hydrogen-bond donors (Lipinski definition) is 1. The lowest BCUT2D eigenvalue weighted by Gasteiger charge is -2.04. The molecule has 0 bridgehead atoms. The fourth-order valence-corrected chi connectivity index (χ4v) is 3.39. The predicted molar refractivity (Wildman–Crippen MR) is 70.0 cm³/mol. The third-order valence-electron chi connectivity index (χ3n) is 2.25. The van der Waals surface area contributed by atoms with Crippen LogP contribution >= 0.6 is 11.3 Å². The summed E-state index contributed by atoms with van der Waals surface area (Å²) in [6, 6.07) is 3.12. The van der Waals surface area contributed by atoms with E-state index in [1.54, 1.807) is 23.8 Å². The zero-order valence-corrected chi connectivity index (χ0v) is 11.4. The van der Waals surface area contributed by atoms with Crippen LogP contribution in [0.3, 0.4) is 0 Å². The van der Waals surface area contributed by atoms with E-state index in [9.17, 15) is 13.2 Å². The second-order valence-electron chi connectivity index (χ2n) is 3.65. The van der Waals surface area contributed by atoms with Crippen LogP contribution in [-0.4, -0.2) is 24.3 Å². The molecular weight excluding hydrogens is 286 g/mol. The smallest absolute Gasteiger partial charge is 0.264 e. The van der Waals surface area contributed by atoms with Gasteiger partial charge in [-0.3, -0.25) is 4.79 Å². The predicted octanol–water partition coefficient (Wildman–Crippen LogP) is 0.976. The number of aryl methyl sites for hydroxylation is 1. The Hall–Kier alpha value is -1.80. The summed E-state index contributed by atoms with van der Waals surface area (Å²) in [5.41, 5.74) is 0. The van der Waals surface area contributed by atoms with Crippen molar-refractivity contribution in [1.82, 2.24) is 14.7 Å². The Morgan fingerprint density at radius 2 is 2.05 bits per heavy atom. The summed E-state index contributed by atoms with van der Waals surface area (Å²) in [4.78, 5) is 19.6. The molecule has 0 aliphatic carbocycles. The molecule has 0 aliphatic rings. The first kappa shape index (κ1) is 13.6. The molecule has 1 N–H and O–H groups in total. The standard InChI is InChI=1S/C11H11N3O3S2/c15-11(3-2-10-12-5-1-6-13-10)14-19(16,17)9-4-7-18-8-9/h1,4-8H,2-3H2,(H,14,15). The summed E-state index contributed by atoms with van der Waals surface area (Å²) in [6.07, 6.45) is 3.46. The lowest BCUT2D eigenvalue weighted by Crippen LogP contribution is -2.30. The Balaban J connectivity index is 1.92. The third-order valence-corrected chi connectivity index (χ3v) is 4.45. The number of nitrogens with zero attached hydrogens (tertiary/aromatic N) is 2. The van der Waals surface area contributed by atoms with Crippen molar-refractivity contribution in [1.29, 1.82) is 0 Å². The number of thiophene rings is 1. The number of carbonyl (C=O) groups is 1. The normalized spacial score (nSPS) is 11.2. The van der Waals surface area contributed by atoms with Crippen LogP contribution in [0.25, 0.3) is 0 Å². The van der Waals surface area contributed by atoms with E-state index in [4.69, 9.17) is 0 Å². The molecule has 8 heteroatoms. The van der Waals surface area contributed by atoms with Gasteiger partial charge in [-0.05, 0) is 17.5 Å². The quantitative estimate of drug-likeness (QED) is 0.888. The van der Waals surface area contributed by atoms with Gasteiger partial charge in [0.15, 0.2) is 0 Å². The van der Waals surface area contributed by atoms with Gasteiger partial charge < -0.3 is 0 Å². The van der Waals surface area contributed by atoms with Gasteiger partial charge in [0, 0.05) is 30.6 Å². The van der Waals surface area contributed by atoms with Crippen LogP contribution in [-0.2, 0) is 21.2 Å². The van der Waals surface area contributed by atoms with Crippen molar-refractivity contribution in [2.24, 2.45) is 0 Å². The molecule has 0 saturated carbocycles. The highest BCUT2D eigenvalue weighted by Gasteiger charge is 2.17. The monoisotopic (exact) mass is 297 g/mol. The molecule has 0 saturated heterocycles. The summed E-state index contributed by atoms with van der Waals surface area (Å²) >= 11 is 1.25. The number of hydrogen-bond acceptors (Lipinski definition) is 6. The van der Waals surface area contributed by atoms with Gasteiger partial charge in [0.05, 0.1) is 4.90 Å². The van der Waals surface area contributed by atoms with Gasteiger partial charge in [-0.1, -0.05) is 0 Å². The van der Waals surface area contributed by atoms with Gasteiger partial charge in [-0.15, -0.1) is 0 Å². The highest BCUT2D eigenvalue weighted by Crippen LogP contribution is 2.12. The van der Waals surface area contributed by atoms with E-state index >= 15 is 0 Å². The van der Waals surface area contributed by atoms with Crippen molar-refractivity contribution in [2.75, 3.05) is 0 Å². The van der Waals surface area contributed by atoms with Gasteiger partial charge >= 0.3 is 0 Å². The maximum absolute atomic E-state index is 11.8. The van der Waals surface area contributed by atoms with E-state index in [0.29, 0.717) is 12.2 Å². The van der Waals surface area contributed by atoms with E-state index in [1.807, 2.05) is 4.72 Å². The van der Waals surface area contributed by atoms with Crippen LogP contribution in [0.1, 0.15) is 12.2 Å². The van der Waals surface area contributed by atoms with Gasteiger partial charge in [-0.2, -0.15) is 11.3 Å². The van der Waals surface area contributed by atoms with Crippen molar-refractivity contribution in [2.45, 2.75) is 17.7 Å². The van der Waals surface area contributed by atoms with E-state index in [0.717, 1.165) is 0 Å². The molecule has 0 spiro atoms. The SMILES string of the molecule is O=C(CCc1ncccn1)NS(=O)(=O)c1ccsc1. The molecule has 0 fully saturated rings. The van der Waals surface area contributed by atoms with Crippen molar-refractivity contribution < 1.29 is 13.2 Å². The minimum Gasteiger partial charge on any atom is -0.274 e. The number of nitrogens with one attached hydrogen (secondary N) is 1. The highest BCUT2D eigenvalue weighted by molar-refractivity contribution is 7.90. The summed E-state index contributed by atoms with van der Waals surface area (Å²) in [5, 5.41) is 3.10. The molecule has 2 aromatic heterocycles. The molecule has 100 valence electrons. The van der Waals surface area contributed by atoms with Crippen LogP contribution in [0.2, 0.25) is 0 Å². The average molecular weight is 297 g/mol. The topological polar surface area (TPSA) is 89.0 Å². The Morgan fingerprint density at radius 1 is 1.32 bits per heavy atom. The Morgan fingerprint density at radius 3 is 2.68 bits per heavy atom. The van der Waals surface area contributed by atoms with Crippen molar-refractivity contribution in [3.8, 4) is 0 Å². The summed E-state index contributed by atoms with van der Waals surface area (Å²) < 4.78 is 25.5. The zero-order valence-electron chi connectivity index (χ0n) is 9.81. The largest absolute Gasteiger partial charge is 0.274 e. The van der Waals surface area contributed by atoms with Crippen LogP contribution in [0.5, 0.6) is 0 Å². The number of aromatic nitrogens is 2. The molecule has 0 unspecified atom stereocenters. The van der Waals surface area contributed by atoms with Crippen LogP contribution in [0, 0.1) is 0 Å². The van der Waals surface area contributed by atoms with Crippen LogP contribution in [0.15, 0.2) is 40.2 Å². The molecule has 0 aromatic carbocycles. The first-order valence-corrected chi connectivity index (χ1v) is 7.84. The first-order valence-electron chi connectivity index (χ1n) is 5.42. The number of sulfonamides is 1. The highest BCUT2D eigenvalue weighted by atomic mass is 32.2. The fourth-order valence-electron chi connectivity index (χ4n) is 1.35.